The molecule has 0 saturated heterocycles. The zero-order chi connectivity index (χ0) is 20.1. The summed E-state index contributed by atoms with van der Waals surface area (Å²) in [7, 11) is 1.64. The van der Waals surface area contributed by atoms with Crippen LogP contribution in [0.1, 0.15) is 29.3 Å². The quantitative estimate of drug-likeness (QED) is 0.560. The molecule has 1 aliphatic rings. The Bertz CT molecular complexity index is 969. The smallest absolute Gasteiger partial charge is 0.253 e. The fourth-order valence-electron chi connectivity index (χ4n) is 3.30. The van der Waals surface area contributed by atoms with Crippen molar-refractivity contribution in [3.63, 3.8) is 0 Å². The molecule has 0 N–H and O–H groups in total. The van der Waals surface area contributed by atoms with Crippen LogP contribution in [-0.4, -0.2) is 29.5 Å². The molecule has 29 heavy (non-hydrogen) atoms. The van der Waals surface area contributed by atoms with Crippen LogP contribution in [-0.2, 0) is 10.5 Å². The molecule has 1 aliphatic heterocycles. The van der Waals surface area contributed by atoms with Crippen molar-refractivity contribution >= 4 is 23.4 Å². The van der Waals surface area contributed by atoms with Gasteiger partial charge in [0, 0.05) is 12.2 Å². The Kier molecular flexibility index (Phi) is 6.00. The van der Waals surface area contributed by atoms with Crippen LogP contribution in [0.4, 0.5) is 0 Å². The van der Waals surface area contributed by atoms with E-state index in [2.05, 4.69) is 17.2 Å². The zero-order valence-electron chi connectivity index (χ0n) is 16.2. The van der Waals surface area contributed by atoms with Crippen molar-refractivity contribution in [3.05, 3.63) is 89.9 Å². The summed E-state index contributed by atoms with van der Waals surface area (Å²) in [5, 5.41) is 6.24. The molecule has 3 aromatic rings. The molecule has 2 heterocycles. The van der Waals surface area contributed by atoms with E-state index in [1.807, 2.05) is 54.6 Å². The third-order valence-electron chi connectivity index (χ3n) is 4.80. The van der Waals surface area contributed by atoms with Gasteiger partial charge in [-0.1, -0.05) is 30.3 Å². The number of benzene rings is 2. The van der Waals surface area contributed by atoms with E-state index in [9.17, 15) is 4.79 Å². The minimum atomic E-state index is -0.216. The van der Waals surface area contributed by atoms with Gasteiger partial charge in [0.2, 0.25) is 0 Å². The highest BCUT2D eigenvalue weighted by Gasteiger charge is 2.34. The average molecular weight is 407 g/mol. The normalized spacial score (nSPS) is 16.0. The van der Waals surface area contributed by atoms with Gasteiger partial charge in [0.1, 0.15) is 17.6 Å². The molecule has 1 aromatic heterocycles. The van der Waals surface area contributed by atoms with Crippen molar-refractivity contribution in [2.24, 2.45) is 5.10 Å². The van der Waals surface area contributed by atoms with Crippen LogP contribution in [0, 0.1) is 0 Å². The topological polar surface area (TPSA) is 55.0 Å². The standard InChI is InChI=1S/C23H22N2O3S/c1-27-19-11-9-18(10-12-19)20-14-21(22-8-5-13-28-22)25(24-20)23(26)16-29-15-17-6-3-2-4-7-17/h2-13,21H,14-16H2,1H3/t21-/m1/s1. The van der Waals surface area contributed by atoms with Gasteiger partial charge in [-0.15, -0.1) is 11.8 Å². The van der Waals surface area contributed by atoms with Crippen molar-refractivity contribution in [2.75, 3.05) is 12.9 Å². The van der Waals surface area contributed by atoms with Crippen LogP contribution in [0.3, 0.4) is 0 Å². The fraction of sp³-hybridized carbons (Fsp3) is 0.217. The monoisotopic (exact) mass is 406 g/mol. The SMILES string of the molecule is COc1ccc(C2=NN(C(=O)CSCc3ccccc3)[C@@H](c3ccco3)C2)cc1. The molecule has 0 saturated carbocycles. The van der Waals surface area contributed by atoms with Crippen molar-refractivity contribution in [1.82, 2.24) is 5.01 Å². The van der Waals surface area contributed by atoms with Gasteiger partial charge in [0.15, 0.2) is 0 Å². The van der Waals surface area contributed by atoms with Gasteiger partial charge in [-0.25, -0.2) is 5.01 Å². The molecule has 4 rings (SSSR count). The van der Waals surface area contributed by atoms with Gasteiger partial charge in [-0.2, -0.15) is 5.10 Å². The van der Waals surface area contributed by atoms with E-state index in [1.165, 1.54) is 5.56 Å². The maximum Gasteiger partial charge on any atom is 0.253 e. The summed E-state index contributed by atoms with van der Waals surface area (Å²) >= 11 is 1.59. The Morgan fingerprint density at radius 3 is 2.62 bits per heavy atom. The van der Waals surface area contributed by atoms with E-state index in [-0.39, 0.29) is 11.9 Å². The minimum absolute atomic E-state index is 0.0177. The molecule has 148 valence electrons. The van der Waals surface area contributed by atoms with Crippen LogP contribution >= 0.6 is 11.8 Å². The van der Waals surface area contributed by atoms with E-state index < -0.39 is 0 Å². The first-order valence-corrected chi connectivity index (χ1v) is 10.6. The second-order valence-electron chi connectivity index (χ2n) is 6.73. The lowest BCUT2D eigenvalue weighted by Crippen LogP contribution is -2.28. The predicted molar refractivity (Wildman–Crippen MR) is 115 cm³/mol. The molecule has 6 heteroatoms. The molecule has 0 radical (unpaired) electrons. The number of carbonyl (C=O) groups is 1. The summed E-state index contributed by atoms with van der Waals surface area (Å²) in [6.45, 7) is 0. The molecular formula is C23H22N2O3S. The maximum absolute atomic E-state index is 13.0. The zero-order valence-corrected chi connectivity index (χ0v) is 17.0. The highest BCUT2D eigenvalue weighted by Crippen LogP contribution is 2.34. The Labute approximate surface area is 174 Å². The summed E-state index contributed by atoms with van der Waals surface area (Å²) in [6, 6.07) is 21.4. The van der Waals surface area contributed by atoms with Crippen molar-refractivity contribution < 1.29 is 13.9 Å². The average Bonchev–Trinajstić information content (AvgIpc) is 3.44. The van der Waals surface area contributed by atoms with Gasteiger partial charge in [-0.05, 0) is 47.5 Å². The molecular weight excluding hydrogens is 384 g/mol. The predicted octanol–water partition coefficient (Wildman–Crippen LogP) is 4.90. The number of thioether (sulfide) groups is 1. The Morgan fingerprint density at radius 2 is 1.93 bits per heavy atom. The van der Waals surface area contributed by atoms with E-state index in [1.54, 1.807) is 30.1 Å². The van der Waals surface area contributed by atoms with Crippen LogP contribution in [0.15, 0.2) is 82.5 Å². The Morgan fingerprint density at radius 1 is 1.14 bits per heavy atom. The molecule has 0 spiro atoms. The van der Waals surface area contributed by atoms with Crippen molar-refractivity contribution in [1.29, 1.82) is 0 Å². The van der Waals surface area contributed by atoms with E-state index >= 15 is 0 Å². The van der Waals surface area contributed by atoms with E-state index in [0.717, 1.165) is 28.5 Å². The molecule has 0 fully saturated rings. The van der Waals surface area contributed by atoms with Crippen LogP contribution in [0.2, 0.25) is 0 Å². The third-order valence-corrected chi connectivity index (χ3v) is 5.79. The Hall–Kier alpha value is -2.99. The number of nitrogens with zero attached hydrogens (tertiary/aromatic N) is 2. The number of amides is 1. The highest BCUT2D eigenvalue weighted by molar-refractivity contribution is 7.99. The molecule has 5 nitrogen and oxygen atoms in total. The van der Waals surface area contributed by atoms with Crippen LogP contribution in [0.25, 0.3) is 0 Å². The number of methoxy groups -OCH3 is 1. The number of furan rings is 1. The number of hydrogen-bond acceptors (Lipinski definition) is 5. The fourth-order valence-corrected chi connectivity index (χ4v) is 4.13. The van der Waals surface area contributed by atoms with Crippen molar-refractivity contribution in [2.45, 2.75) is 18.2 Å². The molecule has 1 amide bonds. The Balaban J connectivity index is 1.49. The summed E-state index contributed by atoms with van der Waals surface area (Å²) in [5.74, 6) is 2.68. The summed E-state index contributed by atoms with van der Waals surface area (Å²) < 4.78 is 10.8. The number of ether oxygens (including phenoxy) is 1. The molecule has 0 aliphatic carbocycles. The molecule has 2 aromatic carbocycles. The minimum Gasteiger partial charge on any atom is -0.497 e. The van der Waals surface area contributed by atoms with Gasteiger partial charge >= 0.3 is 0 Å². The van der Waals surface area contributed by atoms with Gasteiger partial charge in [-0.3, -0.25) is 4.79 Å². The first-order valence-electron chi connectivity index (χ1n) is 9.43. The van der Waals surface area contributed by atoms with Crippen LogP contribution in [0.5, 0.6) is 5.75 Å². The van der Waals surface area contributed by atoms with Crippen LogP contribution < -0.4 is 4.74 Å². The second-order valence-corrected chi connectivity index (χ2v) is 7.71. The second kappa shape index (κ2) is 9.01. The lowest BCUT2D eigenvalue weighted by Gasteiger charge is -2.19. The summed E-state index contributed by atoms with van der Waals surface area (Å²) in [6.07, 6.45) is 2.25. The summed E-state index contributed by atoms with van der Waals surface area (Å²) in [4.78, 5) is 13.0. The van der Waals surface area contributed by atoms with Gasteiger partial charge in [0.25, 0.3) is 5.91 Å². The van der Waals surface area contributed by atoms with E-state index in [0.29, 0.717) is 12.2 Å². The number of hydrazone groups is 1. The van der Waals surface area contributed by atoms with Gasteiger partial charge in [0.05, 0.1) is 24.8 Å². The maximum atomic E-state index is 13.0. The first kappa shape index (κ1) is 19.3. The highest BCUT2D eigenvalue weighted by atomic mass is 32.2. The number of rotatable bonds is 7. The van der Waals surface area contributed by atoms with Crippen molar-refractivity contribution in [3.8, 4) is 5.75 Å². The molecule has 1 atom stereocenters. The van der Waals surface area contributed by atoms with Gasteiger partial charge < -0.3 is 9.15 Å². The lowest BCUT2D eigenvalue weighted by molar-refractivity contribution is -0.130. The first-order chi connectivity index (χ1) is 14.2. The lowest BCUT2D eigenvalue weighted by atomic mass is 10.0. The number of hydrogen-bond donors (Lipinski definition) is 0. The third kappa shape index (κ3) is 4.54. The molecule has 0 unspecified atom stereocenters. The number of carbonyl (C=O) groups excluding carboxylic acids is 1. The summed E-state index contributed by atoms with van der Waals surface area (Å²) in [5.41, 5.74) is 3.06. The largest absolute Gasteiger partial charge is 0.497 e. The molecule has 0 bridgehead atoms. The van der Waals surface area contributed by atoms with E-state index in [4.69, 9.17) is 9.15 Å².